The molecule has 4 nitrogen and oxygen atoms in total. The zero-order chi connectivity index (χ0) is 22.1. The van der Waals surface area contributed by atoms with Gasteiger partial charge in [-0.15, -0.1) is 0 Å². The number of anilines is 1. The van der Waals surface area contributed by atoms with Gasteiger partial charge < -0.3 is 4.90 Å². The maximum absolute atomic E-state index is 14.3. The second-order valence-corrected chi connectivity index (χ2v) is 7.71. The van der Waals surface area contributed by atoms with Crippen LogP contribution in [0.4, 0.5) is 10.1 Å². The molecule has 0 aliphatic carbocycles. The van der Waals surface area contributed by atoms with Crippen LogP contribution in [0, 0.1) is 19.7 Å². The lowest BCUT2D eigenvalue weighted by atomic mass is 9.99. The minimum Gasteiger partial charge on any atom is -0.339 e. The van der Waals surface area contributed by atoms with Gasteiger partial charge in [-0.2, -0.15) is 0 Å². The van der Waals surface area contributed by atoms with Gasteiger partial charge in [0.2, 0.25) is 0 Å². The summed E-state index contributed by atoms with van der Waals surface area (Å²) in [6, 6.07) is 21.3. The van der Waals surface area contributed by atoms with Crippen molar-refractivity contribution >= 4 is 23.1 Å². The van der Waals surface area contributed by atoms with Crippen LogP contribution in [0.5, 0.6) is 0 Å². The van der Waals surface area contributed by atoms with E-state index in [2.05, 4.69) is 0 Å². The van der Waals surface area contributed by atoms with Crippen molar-refractivity contribution < 1.29 is 14.0 Å². The van der Waals surface area contributed by atoms with Gasteiger partial charge in [0.15, 0.2) is 0 Å². The molecular weight excluding hydrogens is 391 g/mol. The summed E-state index contributed by atoms with van der Waals surface area (Å²) in [5, 5.41) is 0. The Balaban J connectivity index is 1.83. The largest absolute Gasteiger partial charge is 0.339 e. The lowest BCUT2D eigenvalue weighted by Gasteiger charge is -2.21. The SMILES string of the molecule is Cc1ccc(C2=C(N(C)c3ccccc3)C(=O)N(Cc3ccccc3F)C2=O)cc1C. The van der Waals surface area contributed by atoms with Crippen molar-refractivity contribution in [2.45, 2.75) is 20.4 Å². The Morgan fingerprint density at radius 1 is 0.839 bits per heavy atom. The minimum absolute atomic E-state index is 0.120. The monoisotopic (exact) mass is 414 g/mol. The molecule has 3 aromatic carbocycles. The number of hydrogen-bond donors (Lipinski definition) is 0. The molecule has 0 spiro atoms. The van der Waals surface area contributed by atoms with E-state index in [-0.39, 0.29) is 12.2 Å². The van der Waals surface area contributed by atoms with Crippen LogP contribution in [0.1, 0.15) is 22.3 Å². The molecule has 3 aromatic rings. The molecule has 0 saturated heterocycles. The van der Waals surface area contributed by atoms with Crippen molar-refractivity contribution in [2.24, 2.45) is 0 Å². The average Bonchev–Trinajstić information content (AvgIpc) is 3.02. The topological polar surface area (TPSA) is 40.6 Å². The third-order valence-corrected chi connectivity index (χ3v) is 5.70. The number of halogens is 1. The molecule has 0 radical (unpaired) electrons. The van der Waals surface area contributed by atoms with E-state index in [4.69, 9.17) is 0 Å². The van der Waals surface area contributed by atoms with E-state index in [1.807, 2.05) is 62.4 Å². The number of aryl methyl sites for hydroxylation is 2. The zero-order valence-corrected chi connectivity index (χ0v) is 17.7. The van der Waals surface area contributed by atoms with E-state index in [1.165, 1.54) is 6.07 Å². The van der Waals surface area contributed by atoms with Crippen LogP contribution in [-0.2, 0) is 16.1 Å². The number of amides is 2. The summed E-state index contributed by atoms with van der Waals surface area (Å²) in [6.07, 6.45) is 0. The number of benzene rings is 3. The predicted molar refractivity (Wildman–Crippen MR) is 120 cm³/mol. The Morgan fingerprint density at radius 3 is 2.19 bits per heavy atom. The van der Waals surface area contributed by atoms with E-state index in [0.29, 0.717) is 16.7 Å². The predicted octanol–water partition coefficient (Wildman–Crippen LogP) is 4.86. The smallest absolute Gasteiger partial charge is 0.278 e. The van der Waals surface area contributed by atoms with E-state index < -0.39 is 17.6 Å². The van der Waals surface area contributed by atoms with Gasteiger partial charge in [0.1, 0.15) is 11.5 Å². The molecule has 0 aromatic heterocycles. The molecule has 1 heterocycles. The number of carbonyl (C=O) groups excluding carboxylic acids is 2. The third-order valence-electron chi connectivity index (χ3n) is 5.70. The first kappa shape index (κ1) is 20.5. The van der Waals surface area contributed by atoms with Gasteiger partial charge in [-0.05, 0) is 48.7 Å². The summed E-state index contributed by atoms with van der Waals surface area (Å²) in [4.78, 5) is 29.8. The van der Waals surface area contributed by atoms with Crippen molar-refractivity contribution in [3.8, 4) is 0 Å². The molecule has 0 unspecified atom stereocenters. The van der Waals surface area contributed by atoms with E-state index in [1.54, 1.807) is 30.1 Å². The molecule has 2 amide bonds. The Kier molecular flexibility index (Phi) is 5.42. The highest BCUT2D eigenvalue weighted by Crippen LogP contribution is 2.35. The number of rotatable bonds is 5. The number of nitrogens with zero attached hydrogens (tertiary/aromatic N) is 2. The van der Waals surface area contributed by atoms with Crippen molar-refractivity contribution in [1.29, 1.82) is 0 Å². The molecule has 0 N–H and O–H groups in total. The zero-order valence-electron chi connectivity index (χ0n) is 17.7. The molecule has 31 heavy (non-hydrogen) atoms. The Hall–Kier alpha value is -3.73. The summed E-state index contributed by atoms with van der Waals surface area (Å²) in [5.41, 5.74) is 4.50. The molecule has 1 aliphatic rings. The highest BCUT2D eigenvalue weighted by atomic mass is 19.1. The van der Waals surface area contributed by atoms with Crippen LogP contribution < -0.4 is 4.90 Å². The maximum Gasteiger partial charge on any atom is 0.278 e. The molecule has 4 rings (SSSR count). The fourth-order valence-corrected chi connectivity index (χ4v) is 3.75. The van der Waals surface area contributed by atoms with Gasteiger partial charge in [-0.1, -0.05) is 54.6 Å². The van der Waals surface area contributed by atoms with Crippen molar-refractivity contribution in [3.63, 3.8) is 0 Å². The van der Waals surface area contributed by atoms with Gasteiger partial charge in [0, 0.05) is 18.3 Å². The quantitative estimate of drug-likeness (QED) is 0.560. The molecule has 0 atom stereocenters. The summed E-state index contributed by atoms with van der Waals surface area (Å²) in [7, 11) is 1.77. The summed E-state index contributed by atoms with van der Waals surface area (Å²) in [6.45, 7) is 3.85. The van der Waals surface area contributed by atoms with Crippen molar-refractivity contribution in [3.05, 3.63) is 107 Å². The first-order chi connectivity index (χ1) is 14.9. The van der Waals surface area contributed by atoms with Crippen LogP contribution >= 0.6 is 0 Å². The normalized spacial score (nSPS) is 13.9. The van der Waals surface area contributed by atoms with E-state index in [9.17, 15) is 14.0 Å². The van der Waals surface area contributed by atoms with Gasteiger partial charge in [0.25, 0.3) is 11.8 Å². The molecule has 1 aliphatic heterocycles. The average molecular weight is 414 g/mol. The van der Waals surface area contributed by atoms with Crippen LogP contribution in [0.3, 0.4) is 0 Å². The second kappa shape index (κ2) is 8.19. The Morgan fingerprint density at radius 2 is 1.52 bits per heavy atom. The van der Waals surface area contributed by atoms with Crippen molar-refractivity contribution in [1.82, 2.24) is 4.90 Å². The fourth-order valence-electron chi connectivity index (χ4n) is 3.75. The molecule has 0 saturated carbocycles. The number of imide groups is 1. The summed E-state index contributed by atoms with van der Waals surface area (Å²) >= 11 is 0. The molecule has 156 valence electrons. The van der Waals surface area contributed by atoms with Crippen LogP contribution in [-0.4, -0.2) is 23.8 Å². The summed E-state index contributed by atoms with van der Waals surface area (Å²) in [5.74, 6) is -1.30. The highest BCUT2D eigenvalue weighted by molar-refractivity contribution is 6.36. The first-order valence-electron chi connectivity index (χ1n) is 10.1. The lowest BCUT2D eigenvalue weighted by Crippen LogP contribution is -2.34. The Labute approximate surface area is 181 Å². The maximum atomic E-state index is 14.3. The standard InChI is InChI=1S/C26H23FN2O2/c1-17-13-14-19(15-18(17)2)23-24(28(3)21-10-5-4-6-11-21)26(31)29(25(23)30)16-20-9-7-8-12-22(20)27/h4-15H,16H2,1-3H3. The van der Waals surface area contributed by atoms with Gasteiger partial charge in [0.05, 0.1) is 12.1 Å². The lowest BCUT2D eigenvalue weighted by molar-refractivity contribution is -0.137. The highest BCUT2D eigenvalue weighted by Gasteiger charge is 2.41. The fraction of sp³-hybridized carbons (Fsp3) is 0.154. The third kappa shape index (κ3) is 3.75. The van der Waals surface area contributed by atoms with Crippen molar-refractivity contribution in [2.75, 3.05) is 11.9 Å². The van der Waals surface area contributed by atoms with Crippen LogP contribution in [0.25, 0.3) is 5.57 Å². The molecule has 5 heteroatoms. The number of para-hydroxylation sites is 1. The van der Waals surface area contributed by atoms with Gasteiger partial charge in [-0.3, -0.25) is 14.5 Å². The molecule has 0 fully saturated rings. The number of likely N-dealkylation sites (N-methyl/N-ethyl adjacent to an activating group) is 1. The second-order valence-electron chi connectivity index (χ2n) is 7.71. The summed E-state index contributed by atoms with van der Waals surface area (Å²) < 4.78 is 14.3. The number of carbonyl (C=O) groups is 2. The first-order valence-corrected chi connectivity index (χ1v) is 10.1. The minimum atomic E-state index is -0.444. The van der Waals surface area contributed by atoms with E-state index in [0.717, 1.165) is 21.7 Å². The molecule has 0 bridgehead atoms. The van der Waals surface area contributed by atoms with Crippen LogP contribution in [0.15, 0.2) is 78.5 Å². The Bertz CT molecular complexity index is 1200. The molecular formula is C26H23FN2O2. The van der Waals surface area contributed by atoms with E-state index >= 15 is 0 Å². The number of hydrogen-bond acceptors (Lipinski definition) is 3. The van der Waals surface area contributed by atoms with Crippen LogP contribution in [0.2, 0.25) is 0 Å². The van der Waals surface area contributed by atoms with Gasteiger partial charge >= 0.3 is 0 Å². The van der Waals surface area contributed by atoms with Gasteiger partial charge in [-0.25, -0.2) is 4.39 Å².